The van der Waals surface area contributed by atoms with Gasteiger partial charge < -0.3 is 24.1 Å². The monoisotopic (exact) mass is 459 g/mol. The van der Waals surface area contributed by atoms with Crippen LogP contribution in [-0.2, 0) is 16.3 Å². The second-order valence-electron chi connectivity index (χ2n) is 7.77. The van der Waals surface area contributed by atoms with Crippen molar-refractivity contribution in [3.05, 3.63) is 76.6 Å². The van der Waals surface area contributed by atoms with Crippen LogP contribution in [0.4, 0.5) is 5.69 Å². The number of carbonyl (C=O) groups excluding carboxylic acids is 1. The molecule has 1 N–H and O–H groups in total. The van der Waals surface area contributed by atoms with Crippen molar-refractivity contribution in [3.63, 3.8) is 0 Å². The van der Waals surface area contributed by atoms with Crippen molar-refractivity contribution in [3.8, 4) is 17.7 Å². The number of nitrogens with one attached hydrogen (secondary N) is 1. The summed E-state index contributed by atoms with van der Waals surface area (Å²) in [5.41, 5.74) is 4.64. The predicted molar refractivity (Wildman–Crippen MR) is 124 cm³/mol. The van der Waals surface area contributed by atoms with Gasteiger partial charge in [-0.05, 0) is 38.5 Å². The number of fused-ring (bicyclic) bond motifs is 1. The van der Waals surface area contributed by atoms with E-state index < -0.39 is 11.9 Å². The van der Waals surface area contributed by atoms with Gasteiger partial charge in [0.25, 0.3) is 0 Å². The van der Waals surface area contributed by atoms with Crippen LogP contribution in [0.3, 0.4) is 0 Å². The number of esters is 1. The van der Waals surface area contributed by atoms with Gasteiger partial charge in [0.05, 0.1) is 54.4 Å². The number of nitriles is 1. The summed E-state index contributed by atoms with van der Waals surface area (Å²) in [7, 11) is 1.54. The Hall–Kier alpha value is -4.32. The third-order valence-corrected chi connectivity index (χ3v) is 5.64. The van der Waals surface area contributed by atoms with E-state index in [2.05, 4.69) is 21.4 Å². The standard InChI is InChI=1S/C25H25N5O4/c1-5-33-24-22-21(18-7-6-17(11-26)10-19(18)32-4)20(16(3)29-23(22)15(2)12-28-24)25(31)34-14-30-9-8-27-13-30/h6-10,12-13,21,29H,5,14H2,1-4H3. The lowest BCUT2D eigenvalue weighted by Crippen LogP contribution is -2.26. The summed E-state index contributed by atoms with van der Waals surface area (Å²) in [4.78, 5) is 22.0. The molecule has 4 rings (SSSR count). The van der Waals surface area contributed by atoms with Crippen molar-refractivity contribution in [1.82, 2.24) is 14.5 Å². The molecule has 1 atom stereocenters. The van der Waals surface area contributed by atoms with E-state index in [1.807, 2.05) is 20.8 Å². The Balaban J connectivity index is 1.90. The van der Waals surface area contributed by atoms with Crippen LogP contribution in [-0.4, -0.2) is 34.2 Å². The minimum absolute atomic E-state index is 0.0179. The van der Waals surface area contributed by atoms with Crippen LogP contribution in [0.25, 0.3) is 0 Å². The molecule has 0 spiro atoms. The first-order chi connectivity index (χ1) is 16.5. The molecular formula is C25H25N5O4. The first-order valence-electron chi connectivity index (χ1n) is 10.8. The Bertz CT molecular complexity index is 1290. The maximum Gasteiger partial charge on any atom is 0.338 e. The lowest BCUT2D eigenvalue weighted by atomic mass is 9.79. The SMILES string of the molecule is CCOc1ncc(C)c2c1C(c1ccc(C#N)cc1OC)C(C(=O)OCn1ccnc1)=C(C)N2. The average molecular weight is 460 g/mol. The van der Waals surface area contributed by atoms with Gasteiger partial charge in [-0.15, -0.1) is 0 Å². The van der Waals surface area contributed by atoms with E-state index in [0.29, 0.717) is 46.2 Å². The van der Waals surface area contributed by atoms with Crippen LogP contribution in [0.1, 0.15) is 42.0 Å². The lowest BCUT2D eigenvalue weighted by Gasteiger charge is -2.32. The van der Waals surface area contributed by atoms with Crippen LogP contribution in [0.15, 0.2) is 54.4 Å². The lowest BCUT2D eigenvalue weighted by molar-refractivity contribution is -0.143. The first kappa shape index (κ1) is 22.9. The second kappa shape index (κ2) is 9.67. The van der Waals surface area contributed by atoms with Crippen molar-refractivity contribution in [1.29, 1.82) is 5.26 Å². The highest BCUT2D eigenvalue weighted by molar-refractivity contribution is 5.95. The normalized spacial score (nSPS) is 14.6. The fraction of sp³-hybridized carbons (Fsp3) is 0.280. The summed E-state index contributed by atoms with van der Waals surface area (Å²) in [6, 6.07) is 7.28. The summed E-state index contributed by atoms with van der Waals surface area (Å²) in [6.45, 7) is 6.08. The molecule has 174 valence electrons. The van der Waals surface area contributed by atoms with Crippen molar-refractivity contribution in [2.24, 2.45) is 0 Å². The highest BCUT2D eigenvalue weighted by Gasteiger charge is 2.38. The number of pyridine rings is 1. The Morgan fingerprint density at radius 2 is 2.15 bits per heavy atom. The molecule has 3 heterocycles. The molecule has 1 aliphatic rings. The highest BCUT2D eigenvalue weighted by Crippen LogP contribution is 2.49. The van der Waals surface area contributed by atoms with Gasteiger partial charge in [0.2, 0.25) is 5.88 Å². The van der Waals surface area contributed by atoms with Crippen molar-refractivity contribution < 1.29 is 19.0 Å². The molecule has 0 fully saturated rings. The molecule has 1 aromatic carbocycles. The van der Waals surface area contributed by atoms with Gasteiger partial charge in [0.1, 0.15) is 5.75 Å². The highest BCUT2D eigenvalue weighted by atomic mass is 16.5. The molecule has 0 bridgehead atoms. The van der Waals surface area contributed by atoms with E-state index in [1.54, 1.807) is 47.7 Å². The summed E-state index contributed by atoms with van der Waals surface area (Å²) in [6.07, 6.45) is 6.64. The minimum Gasteiger partial charge on any atom is -0.496 e. The number of anilines is 1. The molecule has 1 aliphatic heterocycles. The number of benzene rings is 1. The Labute approximate surface area is 197 Å². The molecular weight excluding hydrogens is 434 g/mol. The summed E-state index contributed by atoms with van der Waals surface area (Å²) >= 11 is 0. The fourth-order valence-electron chi connectivity index (χ4n) is 4.09. The van der Waals surface area contributed by atoms with E-state index in [9.17, 15) is 10.1 Å². The Kier molecular flexibility index (Phi) is 6.50. The molecule has 0 aliphatic carbocycles. The largest absolute Gasteiger partial charge is 0.496 e. The van der Waals surface area contributed by atoms with E-state index in [0.717, 1.165) is 11.3 Å². The topological polar surface area (TPSA) is 111 Å². The number of ether oxygens (including phenoxy) is 3. The molecule has 0 radical (unpaired) electrons. The number of aromatic nitrogens is 3. The van der Waals surface area contributed by atoms with E-state index in [1.165, 1.54) is 7.11 Å². The number of rotatable bonds is 7. The van der Waals surface area contributed by atoms with Gasteiger partial charge in [-0.25, -0.2) is 14.8 Å². The van der Waals surface area contributed by atoms with Gasteiger partial charge in [-0.1, -0.05) is 6.07 Å². The summed E-state index contributed by atoms with van der Waals surface area (Å²) < 4.78 is 18.8. The molecule has 9 heteroatoms. The molecule has 34 heavy (non-hydrogen) atoms. The smallest absolute Gasteiger partial charge is 0.338 e. The number of aryl methyl sites for hydroxylation is 1. The van der Waals surface area contributed by atoms with Crippen molar-refractivity contribution in [2.75, 3.05) is 19.0 Å². The zero-order chi connectivity index (χ0) is 24.2. The van der Waals surface area contributed by atoms with Gasteiger partial charge >= 0.3 is 5.97 Å². The predicted octanol–water partition coefficient (Wildman–Crippen LogP) is 3.90. The number of hydrogen-bond donors (Lipinski definition) is 1. The number of carbonyl (C=O) groups is 1. The zero-order valence-corrected chi connectivity index (χ0v) is 19.5. The number of imidazole rings is 1. The molecule has 3 aromatic rings. The zero-order valence-electron chi connectivity index (χ0n) is 19.5. The number of nitrogens with zero attached hydrogens (tertiary/aromatic N) is 4. The fourth-order valence-corrected chi connectivity index (χ4v) is 4.09. The first-order valence-corrected chi connectivity index (χ1v) is 10.8. The van der Waals surface area contributed by atoms with Crippen LogP contribution >= 0.6 is 0 Å². The van der Waals surface area contributed by atoms with Crippen molar-refractivity contribution in [2.45, 2.75) is 33.4 Å². The van der Waals surface area contributed by atoms with E-state index >= 15 is 0 Å². The Morgan fingerprint density at radius 3 is 2.82 bits per heavy atom. The number of hydrogen-bond acceptors (Lipinski definition) is 8. The Morgan fingerprint density at radius 1 is 1.32 bits per heavy atom. The molecule has 0 amide bonds. The van der Waals surface area contributed by atoms with Crippen LogP contribution in [0.5, 0.6) is 11.6 Å². The van der Waals surface area contributed by atoms with Crippen molar-refractivity contribution >= 4 is 11.7 Å². The molecule has 0 saturated carbocycles. The van der Waals surface area contributed by atoms with Crippen LogP contribution < -0.4 is 14.8 Å². The molecule has 2 aromatic heterocycles. The van der Waals surface area contributed by atoms with Gasteiger partial charge in [0.15, 0.2) is 6.73 Å². The van der Waals surface area contributed by atoms with Gasteiger partial charge in [-0.2, -0.15) is 5.26 Å². The minimum atomic E-state index is -0.594. The number of allylic oxidation sites excluding steroid dienone is 1. The average Bonchev–Trinajstić information content (AvgIpc) is 3.37. The quantitative estimate of drug-likeness (QED) is 0.530. The maximum absolute atomic E-state index is 13.5. The van der Waals surface area contributed by atoms with E-state index in [-0.39, 0.29) is 6.73 Å². The third kappa shape index (κ3) is 4.18. The van der Waals surface area contributed by atoms with E-state index in [4.69, 9.17) is 14.2 Å². The summed E-state index contributed by atoms with van der Waals surface area (Å²) in [5.74, 6) is -0.194. The second-order valence-corrected chi connectivity index (χ2v) is 7.77. The van der Waals surface area contributed by atoms with Gasteiger partial charge in [0, 0.05) is 29.9 Å². The summed E-state index contributed by atoms with van der Waals surface area (Å²) in [5, 5.41) is 12.7. The molecule has 9 nitrogen and oxygen atoms in total. The third-order valence-electron chi connectivity index (χ3n) is 5.64. The van der Waals surface area contributed by atoms with Crippen LogP contribution in [0.2, 0.25) is 0 Å². The van der Waals surface area contributed by atoms with Gasteiger partial charge in [-0.3, -0.25) is 0 Å². The maximum atomic E-state index is 13.5. The molecule has 1 unspecified atom stereocenters. The number of methoxy groups -OCH3 is 1. The molecule has 0 saturated heterocycles. The van der Waals surface area contributed by atoms with Crippen LogP contribution in [0, 0.1) is 18.3 Å².